The molecular formula is C20H28N4O3. The second-order valence-corrected chi connectivity index (χ2v) is 7.01. The van der Waals surface area contributed by atoms with E-state index in [-0.39, 0.29) is 5.91 Å². The molecule has 1 unspecified atom stereocenters. The van der Waals surface area contributed by atoms with E-state index < -0.39 is 6.04 Å². The molecule has 0 saturated carbocycles. The molecule has 1 fully saturated rings. The Bertz CT molecular complexity index is 768. The number of hydrogen-bond acceptors (Lipinski definition) is 5. The molecule has 1 aromatic heterocycles. The minimum atomic E-state index is -0.466. The van der Waals surface area contributed by atoms with Crippen LogP contribution in [0.4, 0.5) is 5.69 Å². The van der Waals surface area contributed by atoms with Crippen LogP contribution in [0.15, 0.2) is 30.6 Å². The molecule has 7 nitrogen and oxygen atoms in total. The summed E-state index contributed by atoms with van der Waals surface area (Å²) < 4.78 is 13.1. The van der Waals surface area contributed by atoms with Crippen molar-refractivity contribution in [1.82, 2.24) is 15.1 Å². The number of carbonyl (C=O) groups excluding carboxylic acids is 1. The lowest BCUT2D eigenvalue weighted by Crippen LogP contribution is -2.30. The van der Waals surface area contributed by atoms with Crippen LogP contribution >= 0.6 is 0 Å². The summed E-state index contributed by atoms with van der Waals surface area (Å²) in [4.78, 5) is 12.7. The molecule has 2 N–H and O–H groups in total. The maximum Gasteiger partial charge on any atom is 0.246 e. The van der Waals surface area contributed by atoms with Gasteiger partial charge in [0.1, 0.15) is 11.8 Å². The molecule has 27 heavy (non-hydrogen) atoms. The zero-order valence-electron chi connectivity index (χ0n) is 16.2. The molecule has 1 aliphatic rings. The Morgan fingerprint density at radius 1 is 1.41 bits per heavy atom. The standard InChI is InChI=1S/C20H28N4O3/c1-14-4-5-17(10-18(14)27-13-15-6-8-26-9-7-15)23-20(25)19(21-2)16-11-22-24(3)12-16/h4-5,10-12,15,19,21H,6-9,13H2,1-3H3,(H,23,25). The van der Waals surface area contributed by atoms with Crippen LogP contribution in [0.3, 0.4) is 0 Å². The number of amides is 1. The van der Waals surface area contributed by atoms with Crippen molar-refractivity contribution in [2.24, 2.45) is 13.0 Å². The van der Waals surface area contributed by atoms with Crippen LogP contribution in [0.1, 0.15) is 30.0 Å². The van der Waals surface area contributed by atoms with E-state index in [2.05, 4.69) is 15.7 Å². The average Bonchev–Trinajstić information content (AvgIpc) is 3.09. The van der Waals surface area contributed by atoms with Gasteiger partial charge in [-0.2, -0.15) is 5.10 Å². The van der Waals surface area contributed by atoms with Gasteiger partial charge in [0.05, 0.1) is 12.8 Å². The predicted octanol–water partition coefficient (Wildman–Crippen LogP) is 2.43. The van der Waals surface area contributed by atoms with Crippen LogP contribution in [0.2, 0.25) is 0 Å². The number of hydrogen-bond donors (Lipinski definition) is 2. The first kappa shape index (κ1) is 19.4. The number of ether oxygens (including phenoxy) is 2. The molecule has 1 aromatic carbocycles. The fraction of sp³-hybridized carbons (Fsp3) is 0.500. The van der Waals surface area contributed by atoms with E-state index in [1.165, 1.54) is 0 Å². The number of benzene rings is 1. The number of nitrogens with one attached hydrogen (secondary N) is 2. The first-order chi connectivity index (χ1) is 13.1. The van der Waals surface area contributed by atoms with E-state index in [0.29, 0.717) is 12.5 Å². The summed E-state index contributed by atoms with van der Waals surface area (Å²) in [6, 6.07) is 5.28. The molecule has 1 aliphatic heterocycles. The maximum absolute atomic E-state index is 12.7. The Morgan fingerprint density at radius 3 is 2.85 bits per heavy atom. The summed E-state index contributed by atoms with van der Waals surface area (Å²) in [7, 11) is 3.59. The van der Waals surface area contributed by atoms with E-state index in [1.54, 1.807) is 17.9 Å². The number of aryl methyl sites for hydroxylation is 2. The molecule has 0 aliphatic carbocycles. The van der Waals surface area contributed by atoms with Gasteiger partial charge in [-0.1, -0.05) is 6.07 Å². The van der Waals surface area contributed by atoms with Gasteiger partial charge in [0.2, 0.25) is 5.91 Å². The Hall–Kier alpha value is -2.38. The van der Waals surface area contributed by atoms with Crippen LogP contribution in [-0.4, -0.2) is 42.6 Å². The van der Waals surface area contributed by atoms with Crippen LogP contribution < -0.4 is 15.4 Å². The summed E-state index contributed by atoms with van der Waals surface area (Å²) in [5.41, 5.74) is 2.59. The Kier molecular flexibility index (Phi) is 6.47. The van der Waals surface area contributed by atoms with Crippen LogP contribution in [0.25, 0.3) is 0 Å². The number of anilines is 1. The van der Waals surface area contributed by atoms with Crippen LogP contribution in [-0.2, 0) is 16.6 Å². The molecule has 1 amide bonds. The third kappa shape index (κ3) is 5.08. The van der Waals surface area contributed by atoms with Crippen molar-refractivity contribution in [1.29, 1.82) is 0 Å². The lowest BCUT2D eigenvalue weighted by atomic mass is 10.0. The second kappa shape index (κ2) is 9.01. The summed E-state index contributed by atoms with van der Waals surface area (Å²) in [6.07, 6.45) is 5.59. The molecule has 7 heteroatoms. The van der Waals surface area contributed by atoms with Crippen molar-refractivity contribution in [2.75, 3.05) is 32.2 Å². The van der Waals surface area contributed by atoms with Gasteiger partial charge in [-0.3, -0.25) is 9.48 Å². The molecule has 2 heterocycles. The van der Waals surface area contributed by atoms with Gasteiger partial charge in [-0.05, 0) is 44.4 Å². The lowest BCUT2D eigenvalue weighted by molar-refractivity contribution is -0.118. The summed E-state index contributed by atoms with van der Waals surface area (Å²) in [5.74, 6) is 1.20. The van der Waals surface area contributed by atoms with Gasteiger partial charge in [-0.25, -0.2) is 0 Å². The highest BCUT2D eigenvalue weighted by Crippen LogP contribution is 2.25. The van der Waals surface area contributed by atoms with Crippen LogP contribution in [0.5, 0.6) is 5.75 Å². The van der Waals surface area contributed by atoms with E-state index in [9.17, 15) is 4.79 Å². The zero-order chi connectivity index (χ0) is 19.2. The first-order valence-electron chi connectivity index (χ1n) is 9.34. The topological polar surface area (TPSA) is 77.4 Å². The molecule has 3 rings (SSSR count). The average molecular weight is 372 g/mol. The van der Waals surface area contributed by atoms with Crippen molar-refractivity contribution < 1.29 is 14.3 Å². The summed E-state index contributed by atoms with van der Waals surface area (Å²) in [5, 5.41) is 10.1. The lowest BCUT2D eigenvalue weighted by Gasteiger charge is -2.23. The largest absolute Gasteiger partial charge is 0.493 e. The second-order valence-electron chi connectivity index (χ2n) is 7.01. The van der Waals surface area contributed by atoms with Crippen molar-refractivity contribution in [3.63, 3.8) is 0 Å². The van der Waals surface area contributed by atoms with E-state index in [4.69, 9.17) is 9.47 Å². The summed E-state index contributed by atoms with van der Waals surface area (Å²) >= 11 is 0. The van der Waals surface area contributed by atoms with Gasteiger partial charge < -0.3 is 20.1 Å². The number of rotatable bonds is 7. The van der Waals surface area contributed by atoms with Gasteiger partial charge in [0, 0.05) is 43.8 Å². The Morgan fingerprint density at radius 2 is 2.19 bits per heavy atom. The molecule has 2 aromatic rings. The van der Waals surface area contributed by atoms with Gasteiger partial charge >= 0.3 is 0 Å². The summed E-state index contributed by atoms with van der Waals surface area (Å²) in [6.45, 7) is 4.30. The third-order valence-electron chi connectivity index (χ3n) is 4.88. The van der Waals surface area contributed by atoms with Crippen molar-refractivity contribution >= 4 is 11.6 Å². The van der Waals surface area contributed by atoms with E-state index in [0.717, 1.165) is 48.6 Å². The van der Waals surface area contributed by atoms with Crippen LogP contribution in [0, 0.1) is 12.8 Å². The highest BCUT2D eigenvalue weighted by atomic mass is 16.5. The first-order valence-corrected chi connectivity index (χ1v) is 9.34. The number of aromatic nitrogens is 2. The number of nitrogens with zero attached hydrogens (tertiary/aromatic N) is 2. The normalized spacial score (nSPS) is 16.1. The molecule has 146 valence electrons. The molecule has 1 atom stereocenters. The quantitative estimate of drug-likeness (QED) is 0.781. The highest BCUT2D eigenvalue weighted by Gasteiger charge is 2.21. The molecule has 0 bridgehead atoms. The van der Waals surface area contributed by atoms with Crippen molar-refractivity contribution in [3.05, 3.63) is 41.7 Å². The minimum absolute atomic E-state index is 0.135. The predicted molar refractivity (Wildman–Crippen MR) is 104 cm³/mol. The van der Waals surface area contributed by atoms with Gasteiger partial charge in [-0.15, -0.1) is 0 Å². The smallest absolute Gasteiger partial charge is 0.246 e. The number of likely N-dealkylation sites (N-methyl/N-ethyl adjacent to an activating group) is 1. The maximum atomic E-state index is 12.7. The Labute approximate surface area is 160 Å². The van der Waals surface area contributed by atoms with Gasteiger partial charge in [0.25, 0.3) is 0 Å². The van der Waals surface area contributed by atoms with Crippen molar-refractivity contribution in [2.45, 2.75) is 25.8 Å². The van der Waals surface area contributed by atoms with E-state index in [1.807, 2.05) is 38.4 Å². The zero-order valence-corrected chi connectivity index (χ0v) is 16.2. The SMILES string of the molecule is CNC(C(=O)Nc1ccc(C)c(OCC2CCOCC2)c1)c1cnn(C)c1. The Balaban J connectivity index is 1.64. The third-order valence-corrected chi connectivity index (χ3v) is 4.88. The number of carbonyl (C=O) groups is 1. The molecule has 0 radical (unpaired) electrons. The van der Waals surface area contributed by atoms with Crippen molar-refractivity contribution in [3.8, 4) is 5.75 Å². The fourth-order valence-corrected chi connectivity index (χ4v) is 3.21. The fourth-order valence-electron chi connectivity index (χ4n) is 3.21. The molecule has 0 spiro atoms. The highest BCUT2D eigenvalue weighted by molar-refractivity contribution is 5.95. The molecule has 1 saturated heterocycles. The van der Waals surface area contributed by atoms with Gasteiger partial charge in [0.15, 0.2) is 0 Å². The molecular weight excluding hydrogens is 344 g/mol. The van der Waals surface area contributed by atoms with E-state index >= 15 is 0 Å². The monoisotopic (exact) mass is 372 g/mol. The minimum Gasteiger partial charge on any atom is -0.493 e.